The van der Waals surface area contributed by atoms with Crippen LogP contribution in [0, 0.1) is 11.6 Å². The first-order valence-corrected chi connectivity index (χ1v) is 6.92. The van der Waals surface area contributed by atoms with E-state index in [2.05, 4.69) is 10.4 Å². The summed E-state index contributed by atoms with van der Waals surface area (Å²) in [5.74, 6) is -1.29. The number of benzene rings is 1. The molecule has 0 saturated carbocycles. The van der Waals surface area contributed by atoms with Crippen LogP contribution in [0.3, 0.4) is 0 Å². The third kappa shape index (κ3) is 2.87. The van der Waals surface area contributed by atoms with Gasteiger partial charge in [0, 0.05) is 44.9 Å². The Balaban J connectivity index is 1.81. The maximum absolute atomic E-state index is 13.4. The third-order valence-electron chi connectivity index (χ3n) is 3.68. The Hall–Kier alpha value is -2.02. The maximum Gasteiger partial charge on any atom is 0.341 e. The molecule has 7 heteroatoms. The molecule has 2 heterocycles. The quantitative estimate of drug-likeness (QED) is 0.857. The molecule has 0 aromatic heterocycles. The van der Waals surface area contributed by atoms with E-state index in [1.165, 1.54) is 17.1 Å². The van der Waals surface area contributed by atoms with Gasteiger partial charge < -0.3 is 10.2 Å². The number of nitrogens with one attached hydrogen (secondary N) is 1. The Morgan fingerprint density at radius 1 is 1.19 bits per heavy atom. The Morgan fingerprint density at radius 2 is 1.86 bits per heavy atom. The zero-order valence-electron chi connectivity index (χ0n) is 11.4. The molecule has 1 saturated heterocycles. The number of urea groups is 1. The zero-order chi connectivity index (χ0) is 14.8. The summed E-state index contributed by atoms with van der Waals surface area (Å²) >= 11 is 0. The number of piperazine rings is 1. The molecule has 0 spiro atoms. The fourth-order valence-corrected chi connectivity index (χ4v) is 2.64. The van der Waals surface area contributed by atoms with Gasteiger partial charge in [-0.1, -0.05) is 0 Å². The minimum Gasteiger partial charge on any atom is -0.321 e. The summed E-state index contributed by atoms with van der Waals surface area (Å²) in [5, 5.41) is 8.57. The van der Waals surface area contributed by atoms with Crippen LogP contribution in [0.5, 0.6) is 0 Å². The largest absolute Gasteiger partial charge is 0.341 e. The van der Waals surface area contributed by atoms with Gasteiger partial charge in [-0.15, -0.1) is 0 Å². The number of halogens is 2. The number of amides is 2. The van der Waals surface area contributed by atoms with Crippen molar-refractivity contribution in [2.45, 2.75) is 12.5 Å². The second kappa shape index (κ2) is 5.77. The topological polar surface area (TPSA) is 47.9 Å². The van der Waals surface area contributed by atoms with E-state index < -0.39 is 17.7 Å². The Labute approximate surface area is 121 Å². The van der Waals surface area contributed by atoms with Crippen molar-refractivity contribution in [1.29, 1.82) is 0 Å². The summed E-state index contributed by atoms with van der Waals surface area (Å²) in [6, 6.07) is 2.65. The standard InChI is InChI=1S/C14H16F2N4O/c15-11-7-10(8-12(16)9-11)13-1-2-18-20(13)14(21)19-5-3-17-4-6-19/h2,7-9,13,17H,1,3-6H2. The lowest BCUT2D eigenvalue weighted by Crippen LogP contribution is -2.50. The Kier molecular flexibility index (Phi) is 3.83. The first kappa shape index (κ1) is 13.9. The average molecular weight is 294 g/mol. The van der Waals surface area contributed by atoms with E-state index in [4.69, 9.17) is 0 Å². The van der Waals surface area contributed by atoms with Gasteiger partial charge >= 0.3 is 6.03 Å². The molecule has 2 amide bonds. The average Bonchev–Trinajstić information content (AvgIpc) is 2.96. The summed E-state index contributed by atoms with van der Waals surface area (Å²) in [6.07, 6.45) is 2.06. The number of hydrazone groups is 1. The van der Waals surface area contributed by atoms with Crippen LogP contribution in [0.15, 0.2) is 23.3 Å². The number of hydrogen-bond donors (Lipinski definition) is 1. The summed E-state index contributed by atoms with van der Waals surface area (Å²) in [6.45, 7) is 2.69. The molecule has 2 aliphatic rings. The normalized spacial score (nSPS) is 21.9. The van der Waals surface area contributed by atoms with Crippen LogP contribution in [0.25, 0.3) is 0 Å². The third-order valence-corrected chi connectivity index (χ3v) is 3.68. The van der Waals surface area contributed by atoms with E-state index in [-0.39, 0.29) is 6.03 Å². The van der Waals surface area contributed by atoms with Crippen molar-refractivity contribution in [3.05, 3.63) is 35.4 Å². The van der Waals surface area contributed by atoms with Crippen LogP contribution in [0.4, 0.5) is 13.6 Å². The molecule has 21 heavy (non-hydrogen) atoms. The predicted octanol–water partition coefficient (Wildman–Crippen LogP) is 1.72. The van der Waals surface area contributed by atoms with Gasteiger partial charge in [0.15, 0.2) is 0 Å². The number of carbonyl (C=O) groups excluding carboxylic acids is 1. The van der Waals surface area contributed by atoms with Crippen molar-refractivity contribution >= 4 is 12.2 Å². The van der Waals surface area contributed by atoms with Gasteiger partial charge in [0.05, 0.1) is 6.04 Å². The molecule has 3 rings (SSSR count). The highest BCUT2D eigenvalue weighted by atomic mass is 19.1. The second-order valence-electron chi connectivity index (χ2n) is 5.12. The van der Waals surface area contributed by atoms with E-state index >= 15 is 0 Å². The van der Waals surface area contributed by atoms with E-state index in [0.717, 1.165) is 19.2 Å². The molecule has 2 aliphatic heterocycles. The lowest BCUT2D eigenvalue weighted by molar-refractivity contribution is 0.136. The first-order chi connectivity index (χ1) is 10.1. The highest BCUT2D eigenvalue weighted by Gasteiger charge is 2.32. The molecule has 1 unspecified atom stereocenters. The number of nitrogens with zero attached hydrogens (tertiary/aromatic N) is 3. The highest BCUT2D eigenvalue weighted by Crippen LogP contribution is 2.30. The van der Waals surface area contributed by atoms with E-state index in [0.29, 0.717) is 25.1 Å². The first-order valence-electron chi connectivity index (χ1n) is 6.92. The van der Waals surface area contributed by atoms with Crippen molar-refractivity contribution < 1.29 is 13.6 Å². The summed E-state index contributed by atoms with van der Waals surface area (Å²) in [4.78, 5) is 14.2. The fourth-order valence-electron chi connectivity index (χ4n) is 2.64. The molecule has 1 aromatic rings. The van der Waals surface area contributed by atoms with E-state index in [1.54, 1.807) is 11.1 Å². The highest BCUT2D eigenvalue weighted by molar-refractivity contribution is 5.78. The Bertz CT molecular complexity index is 552. The van der Waals surface area contributed by atoms with Crippen molar-refractivity contribution in [3.8, 4) is 0 Å². The molecule has 1 N–H and O–H groups in total. The minimum atomic E-state index is -0.647. The van der Waals surface area contributed by atoms with Gasteiger partial charge in [-0.3, -0.25) is 0 Å². The number of rotatable bonds is 1. The molecular weight excluding hydrogens is 278 g/mol. The van der Waals surface area contributed by atoms with Crippen molar-refractivity contribution in [3.63, 3.8) is 0 Å². The molecular formula is C14H16F2N4O. The van der Waals surface area contributed by atoms with Crippen molar-refractivity contribution in [1.82, 2.24) is 15.2 Å². The lowest BCUT2D eigenvalue weighted by Gasteiger charge is -2.32. The fraction of sp³-hybridized carbons (Fsp3) is 0.429. The van der Waals surface area contributed by atoms with Gasteiger partial charge in [0.1, 0.15) is 11.6 Å². The number of carbonyl (C=O) groups is 1. The molecule has 1 fully saturated rings. The van der Waals surface area contributed by atoms with Crippen LogP contribution in [-0.4, -0.2) is 48.3 Å². The Morgan fingerprint density at radius 3 is 2.52 bits per heavy atom. The zero-order valence-corrected chi connectivity index (χ0v) is 11.4. The molecule has 1 atom stereocenters. The monoisotopic (exact) mass is 294 g/mol. The smallest absolute Gasteiger partial charge is 0.321 e. The molecule has 0 bridgehead atoms. The van der Waals surface area contributed by atoms with Crippen molar-refractivity contribution in [2.24, 2.45) is 5.10 Å². The van der Waals surface area contributed by atoms with Gasteiger partial charge in [-0.05, 0) is 17.7 Å². The summed E-state index contributed by atoms with van der Waals surface area (Å²) in [7, 11) is 0. The van der Waals surface area contributed by atoms with Gasteiger partial charge in [0.2, 0.25) is 0 Å². The molecule has 0 radical (unpaired) electrons. The van der Waals surface area contributed by atoms with Crippen LogP contribution >= 0.6 is 0 Å². The number of hydrogen-bond acceptors (Lipinski definition) is 3. The predicted molar refractivity (Wildman–Crippen MR) is 73.9 cm³/mol. The van der Waals surface area contributed by atoms with E-state index in [1.807, 2.05) is 0 Å². The SMILES string of the molecule is O=C(N1CCNCC1)N1N=CCC1c1cc(F)cc(F)c1. The minimum absolute atomic E-state index is 0.222. The van der Waals surface area contributed by atoms with Crippen LogP contribution in [0.1, 0.15) is 18.0 Å². The van der Waals surface area contributed by atoms with Crippen LogP contribution in [-0.2, 0) is 0 Å². The van der Waals surface area contributed by atoms with Crippen LogP contribution < -0.4 is 5.32 Å². The molecule has 1 aromatic carbocycles. The maximum atomic E-state index is 13.4. The van der Waals surface area contributed by atoms with Crippen molar-refractivity contribution in [2.75, 3.05) is 26.2 Å². The summed E-state index contributed by atoms with van der Waals surface area (Å²) in [5.41, 5.74) is 0.425. The van der Waals surface area contributed by atoms with Gasteiger partial charge in [0.25, 0.3) is 0 Å². The van der Waals surface area contributed by atoms with Crippen LogP contribution in [0.2, 0.25) is 0 Å². The molecule has 112 valence electrons. The summed E-state index contributed by atoms with van der Waals surface area (Å²) < 4.78 is 26.7. The van der Waals surface area contributed by atoms with Gasteiger partial charge in [-0.2, -0.15) is 5.10 Å². The second-order valence-corrected chi connectivity index (χ2v) is 5.12. The molecule has 5 nitrogen and oxygen atoms in total. The van der Waals surface area contributed by atoms with E-state index in [9.17, 15) is 13.6 Å². The lowest BCUT2D eigenvalue weighted by atomic mass is 10.0. The molecule has 0 aliphatic carbocycles. The van der Waals surface area contributed by atoms with Gasteiger partial charge in [-0.25, -0.2) is 18.6 Å².